The zero-order valence-electron chi connectivity index (χ0n) is 21.3. The summed E-state index contributed by atoms with van der Waals surface area (Å²) in [7, 11) is 1.67. The van der Waals surface area contributed by atoms with Gasteiger partial charge in [0.15, 0.2) is 0 Å². The summed E-state index contributed by atoms with van der Waals surface area (Å²) in [5, 5.41) is 3.50. The van der Waals surface area contributed by atoms with Crippen molar-refractivity contribution < 1.29 is 14.3 Å². The third kappa shape index (κ3) is 4.83. The van der Waals surface area contributed by atoms with Crippen LogP contribution in [0, 0.1) is 0 Å². The summed E-state index contributed by atoms with van der Waals surface area (Å²) in [4.78, 5) is 28.4. The van der Waals surface area contributed by atoms with Gasteiger partial charge in [-0.05, 0) is 44.5 Å². The number of rotatable bonds is 8. The van der Waals surface area contributed by atoms with Gasteiger partial charge < -0.3 is 25.4 Å². The standard InChI is InChI=1S/C27H34ClN5O4/c1-3-32-21-7-4-5-8-22(21)33(27(32)35)12-6-11-31-13-9-20(23(16-31)36-2)30-26(34)18-15-19(28)24(29)17-10-14-37-25(17)18/h4-5,7-8,15,20,23H,3,6,9-14,16,29H2,1-2H3,(H,30,34)/t20-,23+/m0/s1. The van der Waals surface area contributed by atoms with E-state index in [4.69, 9.17) is 26.8 Å². The Hall–Kier alpha value is -3.01. The molecule has 3 aromatic rings. The molecule has 0 radical (unpaired) electrons. The van der Waals surface area contributed by atoms with Crippen molar-refractivity contribution in [2.45, 2.75) is 51.4 Å². The number of para-hydroxylation sites is 2. The van der Waals surface area contributed by atoms with E-state index in [0.717, 1.165) is 42.5 Å². The number of methoxy groups -OCH3 is 1. The number of carbonyl (C=O) groups is 1. The number of nitrogens with zero attached hydrogens (tertiary/aromatic N) is 3. The van der Waals surface area contributed by atoms with Crippen molar-refractivity contribution in [3.8, 4) is 5.75 Å². The summed E-state index contributed by atoms with van der Waals surface area (Å²) in [5.41, 5.74) is 9.77. The number of aromatic nitrogens is 2. The fourth-order valence-electron chi connectivity index (χ4n) is 5.62. The Morgan fingerprint density at radius 3 is 2.73 bits per heavy atom. The van der Waals surface area contributed by atoms with E-state index in [1.807, 2.05) is 40.3 Å². The van der Waals surface area contributed by atoms with Gasteiger partial charge in [0.2, 0.25) is 0 Å². The SMILES string of the molecule is CCn1c(=O)n(CCCN2CC[C@H](NC(=O)c3cc(Cl)c(N)c4c3OCC4)[C@H](OC)C2)c2ccccc21. The molecule has 1 amide bonds. The molecule has 198 valence electrons. The number of nitrogens with two attached hydrogens (primary N) is 1. The van der Waals surface area contributed by atoms with Crippen LogP contribution in [0.2, 0.25) is 5.02 Å². The molecular formula is C27H34ClN5O4. The van der Waals surface area contributed by atoms with Gasteiger partial charge in [-0.3, -0.25) is 13.9 Å². The highest BCUT2D eigenvalue weighted by Crippen LogP contribution is 2.38. The van der Waals surface area contributed by atoms with Gasteiger partial charge in [0.1, 0.15) is 5.75 Å². The fourth-order valence-corrected chi connectivity index (χ4v) is 5.84. The van der Waals surface area contributed by atoms with Gasteiger partial charge >= 0.3 is 5.69 Å². The number of benzene rings is 2. The number of hydrogen-bond acceptors (Lipinski definition) is 6. The topological polar surface area (TPSA) is 104 Å². The van der Waals surface area contributed by atoms with E-state index in [-0.39, 0.29) is 23.7 Å². The smallest absolute Gasteiger partial charge is 0.329 e. The number of anilines is 1. The zero-order valence-corrected chi connectivity index (χ0v) is 22.1. The quantitative estimate of drug-likeness (QED) is 0.437. The second-order valence-electron chi connectivity index (χ2n) is 9.69. The molecule has 2 atom stereocenters. The first-order chi connectivity index (χ1) is 17.9. The number of nitrogen functional groups attached to an aromatic ring is 1. The highest BCUT2D eigenvalue weighted by molar-refractivity contribution is 6.33. The highest BCUT2D eigenvalue weighted by Gasteiger charge is 2.32. The second kappa shape index (κ2) is 10.8. The Balaban J connectivity index is 1.20. The molecule has 0 bridgehead atoms. The van der Waals surface area contributed by atoms with Crippen LogP contribution in [0.1, 0.15) is 35.7 Å². The number of aryl methyl sites for hydroxylation is 2. The average Bonchev–Trinajstić information content (AvgIpc) is 3.50. The summed E-state index contributed by atoms with van der Waals surface area (Å²) in [6.45, 7) is 6.16. The fraction of sp³-hybridized carbons (Fsp3) is 0.481. The zero-order chi connectivity index (χ0) is 26.1. The van der Waals surface area contributed by atoms with Gasteiger partial charge in [-0.2, -0.15) is 0 Å². The molecule has 3 N–H and O–H groups in total. The van der Waals surface area contributed by atoms with Crippen molar-refractivity contribution in [1.29, 1.82) is 0 Å². The summed E-state index contributed by atoms with van der Waals surface area (Å²) >= 11 is 6.29. The van der Waals surface area contributed by atoms with E-state index in [9.17, 15) is 9.59 Å². The van der Waals surface area contributed by atoms with Gasteiger partial charge in [0, 0.05) is 45.3 Å². The lowest BCUT2D eigenvalue weighted by atomic mass is 10.00. The molecule has 2 aliphatic rings. The molecule has 1 aromatic heterocycles. The lowest BCUT2D eigenvalue weighted by Crippen LogP contribution is -2.55. The molecule has 0 unspecified atom stereocenters. The van der Waals surface area contributed by atoms with Crippen molar-refractivity contribution >= 4 is 34.2 Å². The van der Waals surface area contributed by atoms with Crippen molar-refractivity contribution in [2.75, 3.05) is 39.1 Å². The lowest BCUT2D eigenvalue weighted by Gasteiger charge is -2.38. The van der Waals surface area contributed by atoms with Crippen LogP contribution in [0.3, 0.4) is 0 Å². The number of ether oxygens (including phenoxy) is 2. The predicted molar refractivity (Wildman–Crippen MR) is 145 cm³/mol. The van der Waals surface area contributed by atoms with Crippen molar-refractivity contribution in [3.63, 3.8) is 0 Å². The molecule has 9 nitrogen and oxygen atoms in total. The Bertz CT molecular complexity index is 1370. The number of amides is 1. The first-order valence-electron chi connectivity index (χ1n) is 12.9. The number of likely N-dealkylation sites (tertiary alicyclic amines) is 1. The van der Waals surface area contributed by atoms with Gasteiger partial charge in [-0.15, -0.1) is 0 Å². The molecule has 37 heavy (non-hydrogen) atoms. The molecule has 2 aliphatic heterocycles. The minimum atomic E-state index is -0.229. The molecule has 3 heterocycles. The first kappa shape index (κ1) is 25.6. The van der Waals surface area contributed by atoms with Crippen LogP contribution in [-0.4, -0.2) is 65.4 Å². The molecule has 1 saturated heterocycles. The maximum Gasteiger partial charge on any atom is 0.329 e. The van der Waals surface area contributed by atoms with Crippen molar-refractivity contribution in [2.24, 2.45) is 0 Å². The maximum absolute atomic E-state index is 13.2. The number of carbonyl (C=O) groups excluding carboxylic acids is 1. The second-order valence-corrected chi connectivity index (χ2v) is 10.1. The first-order valence-corrected chi connectivity index (χ1v) is 13.3. The van der Waals surface area contributed by atoms with Crippen LogP contribution in [0.25, 0.3) is 11.0 Å². The number of fused-ring (bicyclic) bond motifs is 2. The van der Waals surface area contributed by atoms with Crippen LogP contribution >= 0.6 is 11.6 Å². The van der Waals surface area contributed by atoms with Crippen molar-refractivity contribution in [3.05, 3.63) is 57.0 Å². The minimum absolute atomic E-state index is 0.0399. The number of nitrogens with one attached hydrogen (secondary N) is 1. The summed E-state index contributed by atoms with van der Waals surface area (Å²) in [6.07, 6.45) is 2.09. The maximum atomic E-state index is 13.2. The summed E-state index contributed by atoms with van der Waals surface area (Å²) < 4.78 is 15.2. The molecule has 10 heteroatoms. The molecule has 0 spiro atoms. The largest absolute Gasteiger partial charge is 0.492 e. The third-order valence-corrected chi connectivity index (χ3v) is 7.89. The molecule has 0 saturated carbocycles. The lowest BCUT2D eigenvalue weighted by molar-refractivity contribution is 0.00585. The van der Waals surface area contributed by atoms with Crippen LogP contribution in [0.4, 0.5) is 5.69 Å². The third-order valence-electron chi connectivity index (χ3n) is 7.58. The monoisotopic (exact) mass is 527 g/mol. The van der Waals surface area contributed by atoms with E-state index < -0.39 is 0 Å². The normalized spacial score (nSPS) is 19.6. The van der Waals surface area contributed by atoms with E-state index >= 15 is 0 Å². The Kier molecular flexibility index (Phi) is 7.46. The van der Waals surface area contributed by atoms with Gasteiger partial charge in [-0.25, -0.2) is 4.79 Å². The van der Waals surface area contributed by atoms with E-state index in [1.54, 1.807) is 13.2 Å². The van der Waals surface area contributed by atoms with Gasteiger partial charge in [0.25, 0.3) is 5.91 Å². The predicted octanol–water partition coefficient (Wildman–Crippen LogP) is 2.90. The molecule has 1 fully saturated rings. The van der Waals surface area contributed by atoms with E-state index in [2.05, 4.69) is 10.2 Å². The Labute approximate surface area is 221 Å². The Morgan fingerprint density at radius 2 is 2.00 bits per heavy atom. The Morgan fingerprint density at radius 1 is 1.24 bits per heavy atom. The summed E-state index contributed by atoms with van der Waals surface area (Å²) in [5.74, 6) is 0.303. The van der Waals surface area contributed by atoms with Crippen LogP contribution in [-0.2, 0) is 24.2 Å². The number of piperidine rings is 1. The van der Waals surface area contributed by atoms with E-state index in [0.29, 0.717) is 54.7 Å². The van der Waals surface area contributed by atoms with Crippen molar-refractivity contribution in [1.82, 2.24) is 19.4 Å². The molecule has 2 aromatic carbocycles. The summed E-state index contributed by atoms with van der Waals surface area (Å²) in [6, 6.07) is 9.40. The van der Waals surface area contributed by atoms with Crippen LogP contribution in [0.5, 0.6) is 5.75 Å². The van der Waals surface area contributed by atoms with Crippen LogP contribution in [0.15, 0.2) is 35.1 Å². The molecule has 5 rings (SSSR count). The minimum Gasteiger partial charge on any atom is -0.492 e. The average molecular weight is 528 g/mol. The van der Waals surface area contributed by atoms with Gasteiger partial charge in [-0.1, -0.05) is 23.7 Å². The number of imidazole rings is 1. The molecule has 0 aliphatic carbocycles. The van der Waals surface area contributed by atoms with Crippen LogP contribution < -0.4 is 21.5 Å². The number of halogens is 1. The molecular weight excluding hydrogens is 494 g/mol. The van der Waals surface area contributed by atoms with Gasteiger partial charge in [0.05, 0.1) is 46.1 Å². The highest BCUT2D eigenvalue weighted by atomic mass is 35.5. The van der Waals surface area contributed by atoms with E-state index in [1.165, 1.54) is 0 Å². The number of hydrogen-bond donors (Lipinski definition) is 2.